The Balaban J connectivity index is 2.11. The zero-order chi connectivity index (χ0) is 12.3. The molecular formula is C11H16N4OS. The Hall–Kier alpha value is -1.56. The van der Waals surface area contributed by atoms with Crippen LogP contribution in [0.25, 0.3) is 0 Å². The normalized spacial score (nSPS) is 15.6. The van der Waals surface area contributed by atoms with Crippen LogP contribution in [0, 0.1) is 0 Å². The number of carbonyl (C=O) groups excluding carboxylic acids is 1. The number of hydrogen-bond acceptors (Lipinski definition) is 5. The van der Waals surface area contributed by atoms with Crippen LogP contribution in [0.15, 0.2) is 12.7 Å². The van der Waals surface area contributed by atoms with Crippen LogP contribution in [0.3, 0.4) is 0 Å². The first kappa shape index (κ1) is 11.9. The van der Waals surface area contributed by atoms with Gasteiger partial charge in [0.25, 0.3) is 0 Å². The molecule has 0 aromatic carbocycles. The van der Waals surface area contributed by atoms with Crippen molar-refractivity contribution >= 4 is 33.2 Å². The molecule has 1 amide bonds. The molecule has 2 rings (SSSR count). The molecule has 1 aromatic heterocycles. The van der Waals surface area contributed by atoms with Gasteiger partial charge < -0.3 is 16.0 Å². The third-order valence-corrected chi connectivity index (χ3v) is 3.64. The second-order valence-electron chi connectivity index (χ2n) is 3.95. The van der Waals surface area contributed by atoms with Gasteiger partial charge in [-0.25, -0.2) is 4.98 Å². The average Bonchev–Trinajstić information content (AvgIpc) is 2.72. The molecule has 0 unspecified atom stereocenters. The maximum atomic E-state index is 11.2. The van der Waals surface area contributed by atoms with Crippen molar-refractivity contribution in [2.45, 2.75) is 19.3 Å². The van der Waals surface area contributed by atoms with E-state index in [0.717, 1.165) is 18.2 Å². The van der Waals surface area contributed by atoms with E-state index < -0.39 is 0 Å². The van der Waals surface area contributed by atoms with Gasteiger partial charge in [-0.15, -0.1) is 0 Å². The first-order chi connectivity index (χ1) is 8.20. The van der Waals surface area contributed by atoms with Gasteiger partial charge in [0.05, 0.1) is 0 Å². The van der Waals surface area contributed by atoms with Crippen molar-refractivity contribution in [2.24, 2.45) is 0 Å². The minimum absolute atomic E-state index is 0.285. The van der Waals surface area contributed by atoms with Gasteiger partial charge in [0.2, 0.25) is 5.91 Å². The molecule has 92 valence electrons. The highest BCUT2D eigenvalue weighted by Gasteiger charge is 2.17. The van der Waals surface area contributed by atoms with Gasteiger partial charge in [-0.05, 0) is 25.3 Å². The second-order valence-corrected chi connectivity index (χ2v) is 4.96. The predicted molar refractivity (Wildman–Crippen MR) is 71.4 cm³/mol. The minimum Gasteiger partial charge on any atom is -0.387 e. The lowest BCUT2D eigenvalue weighted by Crippen LogP contribution is -2.29. The number of nitrogens with zero attached hydrogens (tertiary/aromatic N) is 2. The van der Waals surface area contributed by atoms with Crippen molar-refractivity contribution in [3.63, 3.8) is 0 Å². The van der Waals surface area contributed by atoms with Crippen LogP contribution < -0.4 is 16.0 Å². The monoisotopic (exact) mass is 252 g/mol. The van der Waals surface area contributed by atoms with Crippen molar-refractivity contribution in [1.82, 2.24) is 4.98 Å². The van der Waals surface area contributed by atoms with E-state index in [-0.39, 0.29) is 5.91 Å². The van der Waals surface area contributed by atoms with E-state index >= 15 is 0 Å². The molecule has 0 radical (unpaired) electrons. The van der Waals surface area contributed by atoms with Crippen molar-refractivity contribution < 1.29 is 4.79 Å². The van der Waals surface area contributed by atoms with Crippen LogP contribution in [0.5, 0.6) is 0 Å². The number of hydrogen-bond donors (Lipinski definition) is 2. The van der Waals surface area contributed by atoms with Crippen LogP contribution in [0.2, 0.25) is 0 Å². The molecule has 1 aromatic rings. The number of nitrogens with one attached hydrogen (secondary N) is 1. The standard InChI is InChI=1S/C11H16N4OS/c1-2-8(16)13-10-9(12)17-11(14-10)15-6-4-3-5-7-15/h2H,1,3-7,12H2,(H,13,16). The molecule has 1 saturated heterocycles. The molecule has 0 saturated carbocycles. The molecular weight excluding hydrogens is 236 g/mol. The smallest absolute Gasteiger partial charge is 0.248 e. The number of thiazole rings is 1. The Morgan fingerprint density at radius 1 is 1.47 bits per heavy atom. The first-order valence-electron chi connectivity index (χ1n) is 5.65. The molecule has 3 N–H and O–H groups in total. The Kier molecular flexibility index (Phi) is 3.63. The summed E-state index contributed by atoms with van der Waals surface area (Å²) in [5, 5.41) is 4.04. The summed E-state index contributed by atoms with van der Waals surface area (Å²) in [4.78, 5) is 17.8. The highest BCUT2D eigenvalue weighted by atomic mass is 32.1. The van der Waals surface area contributed by atoms with Crippen LogP contribution in [0.1, 0.15) is 19.3 Å². The maximum Gasteiger partial charge on any atom is 0.248 e. The van der Waals surface area contributed by atoms with Gasteiger partial charge in [0, 0.05) is 13.1 Å². The molecule has 1 fully saturated rings. The molecule has 0 atom stereocenters. The van der Waals surface area contributed by atoms with Crippen molar-refractivity contribution in [2.75, 3.05) is 29.0 Å². The Morgan fingerprint density at radius 3 is 2.82 bits per heavy atom. The molecule has 0 bridgehead atoms. The lowest BCUT2D eigenvalue weighted by Gasteiger charge is -2.25. The number of nitrogens with two attached hydrogens (primary N) is 1. The summed E-state index contributed by atoms with van der Waals surface area (Å²) in [5.74, 6) is 0.160. The van der Waals surface area contributed by atoms with E-state index in [1.54, 1.807) is 0 Å². The summed E-state index contributed by atoms with van der Waals surface area (Å²) < 4.78 is 0. The van der Waals surface area contributed by atoms with E-state index in [1.807, 2.05) is 0 Å². The van der Waals surface area contributed by atoms with Gasteiger partial charge >= 0.3 is 0 Å². The van der Waals surface area contributed by atoms with Crippen molar-refractivity contribution in [3.05, 3.63) is 12.7 Å². The topological polar surface area (TPSA) is 71.2 Å². The SMILES string of the molecule is C=CC(=O)Nc1nc(N2CCCCC2)sc1N. The fourth-order valence-corrected chi connectivity index (χ4v) is 2.64. The molecule has 2 heterocycles. The van der Waals surface area contributed by atoms with E-state index in [0.29, 0.717) is 10.8 Å². The molecule has 0 spiro atoms. The number of aromatic nitrogens is 1. The largest absolute Gasteiger partial charge is 0.387 e. The Morgan fingerprint density at radius 2 is 2.18 bits per heavy atom. The van der Waals surface area contributed by atoms with E-state index in [9.17, 15) is 4.79 Å². The molecule has 6 heteroatoms. The summed E-state index contributed by atoms with van der Waals surface area (Å²) in [5.41, 5.74) is 5.83. The summed E-state index contributed by atoms with van der Waals surface area (Å²) in [6, 6.07) is 0. The maximum absolute atomic E-state index is 11.2. The fourth-order valence-electron chi connectivity index (χ4n) is 1.80. The summed E-state index contributed by atoms with van der Waals surface area (Å²) in [7, 11) is 0. The fraction of sp³-hybridized carbons (Fsp3) is 0.455. The van der Waals surface area contributed by atoms with Gasteiger partial charge in [-0.3, -0.25) is 4.79 Å². The quantitative estimate of drug-likeness (QED) is 0.805. The Bertz CT molecular complexity index is 423. The average molecular weight is 252 g/mol. The minimum atomic E-state index is -0.285. The van der Waals surface area contributed by atoms with E-state index in [4.69, 9.17) is 5.73 Å². The third-order valence-electron chi connectivity index (χ3n) is 2.70. The van der Waals surface area contributed by atoms with Crippen molar-refractivity contribution in [1.29, 1.82) is 0 Å². The second kappa shape index (κ2) is 5.18. The lowest BCUT2D eigenvalue weighted by molar-refractivity contribution is -0.111. The molecule has 17 heavy (non-hydrogen) atoms. The molecule has 5 nitrogen and oxygen atoms in total. The zero-order valence-electron chi connectivity index (χ0n) is 9.61. The van der Waals surface area contributed by atoms with E-state index in [1.165, 1.54) is 36.7 Å². The van der Waals surface area contributed by atoms with Crippen LogP contribution in [0.4, 0.5) is 16.0 Å². The number of piperidine rings is 1. The highest BCUT2D eigenvalue weighted by molar-refractivity contribution is 7.20. The number of carbonyl (C=O) groups is 1. The Labute approximate surface area is 104 Å². The number of amides is 1. The van der Waals surface area contributed by atoms with Crippen LogP contribution in [-0.4, -0.2) is 24.0 Å². The van der Waals surface area contributed by atoms with Gasteiger partial charge in [-0.2, -0.15) is 0 Å². The van der Waals surface area contributed by atoms with E-state index in [2.05, 4.69) is 21.8 Å². The first-order valence-corrected chi connectivity index (χ1v) is 6.47. The molecule has 1 aliphatic heterocycles. The summed E-state index contributed by atoms with van der Waals surface area (Å²) >= 11 is 1.42. The predicted octanol–water partition coefficient (Wildman–Crippen LogP) is 1.84. The van der Waals surface area contributed by atoms with Gasteiger partial charge in [-0.1, -0.05) is 17.9 Å². The lowest BCUT2D eigenvalue weighted by atomic mass is 10.1. The van der Waals surface area contributed by atoms with Gasteiger partial charge in [0.15, 0.2) is 10.9 Å². The number of anilines is 3. The third kappa shape index (κ3) is 2.76. The summed E-state index contributed by atoms with van der Waals surface area (Å²) in [6.45, 7) is 5.43. The molecule has 0 aliphatic carbocycles. The number of nitrogen functional groups attached to an aromatic ring is 1. The molecule has 1 aliphatic rings. The van der Waals surface area contributed by atoms with Crippen molar-refractivity contribution in [3.8, 4) is 0 Å². The zero-order valence-corrected chi connectivity index (χ0v) is 10.4. The van der Waals surface area contributed by atoms with Crippen LogP contribution in [-0.2, 0) is 4.79 Å². The van der Waals surface area contributed by atoms with Crippen LogP contribution >= 0.6 is 11.3 Å². The number of rotatable bonds is 3. The summed E-state index contributed by atoms with van der Waals surface area (Å²) in [6.07, 6.45) is 4.86. The highest BCUT2D eigenvalue weighted by Crippen LogP contribution is 2.33. The van der Waals surface area contributed by atoms with Gasteiger partial charge in [0.1, 0.15) is 5.00 Å².